The molecule has 3 aromatic rings. The van der Waals surface area contributed by atoms with Gasteiger partial charge in [-0.15, -0.1) is 11.3 Å². The summed E-state index contributed by atoms with van der Waals surface area (Å²) in [6, 6.07) is 11.6. The van der Waals surface area contributed by atoms with Crippen LogP contribution >= 0.6 is 11.3 Å². The molecule has 3 heterocycles. The van der Waals surface area contributed by atoms with Gasteiger partial charge in [0, 0.05) is 24.2 Å². The molecule has 1 aromatic heterocycles. The second-order valence-electron chi connectivity index (χ2n) is 6.93. The molecule has 6 heteroatoms. The maximum absolute atomic E-state index is 13.0. The number of ketones is 1. The van der Waals surface area contributed by atoms with E-state index in [0.717, 1.165) is 26.5 Å². The summed E-state index contributed by atoms with van der Waals surface area (Å²) in [6.45, 7) is 4.47. The van der Waals surface area contributed by atoms with Crippen LogP contribution in [0.5, 0.6) is 0 Å². The van der Waals surface area contributed by atoms with Gasteiger partial charge >= 0.3 is 0 Å². The number of amidine groups is 1. The molecule has 5 rings (SSSR count). The third-order valence-corrected chi connectivity index (χ3v) is 6.06. The molecule has 2 aromatic carbocycles. The van der Waals surface area contributed by atoms with E-state index in [4.69, 9.17) is 0 Å². The van der Waals surface area contributed by atoms with Crippen LogP contribution in [0.15, 0.2) is 41.4 Å². The van der Waals surface area contributed by atoms with Crippen LogP contribution in [0.3, 0.4) is 0 Å². The molecule has 1 atom stereocenters. The highest BCUT2D eigenvalue weighted by atomic mass is 32.1. The number of nitrogens with zero attached hydrogens (tertiary/aromatic N) is 3. The van der Waals surface area contributed by atoms with Crippen molar-refractivity contribution in [3.8, 4) is 0 Å². The lowest BCUT2D eigenvalue weighted by Gasteiger charge is -2.29. The monoisotopic (exact) mass is 363 g/mol. The van der Waals surface area contributed by atoms with E-state index in [1.807, 2.05) is 55.1 Å². The summed E-state index contributed by atoms with van der Waals surface area (Å²) in [5.41, 5.74) is 2.40. The Kier molecular flexibility index (Phi) is 3.14. The highest BCUT2D eigenvalue weighted by Crippen LogP contribution is 2.40. The molecule has 5 nitrogen and oxygen atoms in total. The number of aliphatic imine (C=N–C) groups is 1. The van der Waals surface area contributed by atoms with Gasteiger partial charge in [-0.25, -0.2) is 9.98 Å². The first-order valence-electron chi connectivity index (χ1n) is 8.57. The number of aromatic nitrogens is 1. The summed E-state index contributed by atoms with van der Waals surface area (Å²) in [5, 5.41) is 12.1. The number of aliphatic hydroxyl groups is 1. The number of aryl methyl sites for hydroxylation is 2. The number of anilines is 1. The van der Waals surface area contributed by atoms with Gasteiger partial charge in [-0.05, 0) is 44.2 Å². The smallest absolute Gasteiger partial charge is 0.204 e. The molecular weight excluding hydrogens is 346 g/mol. The third kappa shape index (κ3) is 2.09. The summed E-state index contributed by atoms with van der Waals surface area (Å²) < 4.78 is 1.13. The molecule has 0 aliphatic carbocycles. The van der Waals surface area contributed by atoms with Crippen molar-refractivity contribution < 1.29 is 9.90 Å². The van der Waals surface area contributed by atoms with Crippen LogP contribution in [-0.4, -0.2) is 33.9 Å². The van der Waals surface area contributed by atoms with E-state index >= 15 is 0 Å². The normalized spacial score (nSPS) is 21.7. The lowest BCUT2D eigenvalue weighted by Crippen LogP contribution is -2.48. The Labute approximate surface area is 154 Å². The lowest BCUT2D eigenvalue weighted by molar-refractivity contribution is 0.0602. The highest BCUT2D eigenvalue weighted by Gasteiger charge is 2.52. The first-order chi connectivity index (χ1) is 12.5. The van der Waals surface area contributed by atoms with Crippen LogP contribution in [0, 0.1) is 13.8 Å². The molecule has 0 radical (unpaired) electrons. The highest BCUT2D eigenvalue weighted by molar-refractivity contribution is 7.18. The Balaban J connectivity index is 1.65. The van der Waals surface area contributed by atoms with Crippen molar-refractivity contribution >= 4 is 44.5 Å². The van der Waals surface area contributed by atoms with Crippen LogP contribution in [-0.2, 0) is 0 Å². The molecule has 0 spiro atoms. The van der Waals surface area contributed by atoms with Gasteiger partial charge in [0.15, 0.2) is 5.60 Å². The number of hydrogen-bond acceptors (Lipinski definition) is 6. The Hall–Kier alpha value is -2.57. The van der Waals surface area contributed by atoms with Crippen molar-refractivity contribution in [2.75, 3.05) is 11.4 Å². The molecule has 0 unspecified atom stereocenters. The first kappa shape index (κ1) is 15.7. The van der Waals surface area contributed by atoms with Gasteiger partial charge < -0.3 is 10.0 Å². The molecule has 0 bridgehead atoms. The van der Waals surface area contributed by atoms with Gasteiger partial charge in [-0.1, -0.05) is 11.6 Å². The summed E-state index contributed by atoms with van der Waals surface area (Å²) in [4.78, 5) is 24.2. The zero-order valence-corrected chi connectivity index (χ0v) is 15.3. The van der Waals surface area contributed by atoms with Crippen LogP contribution in [0.2, 0.25) is 0 Å². The minimum absolute atomic E-state index is 0.255. The number of hydrogen-bond donors (Lipinski definition) is 1. The molecule has 1 N–H and O–H groups in total. The number of thiazole rings is 1. The predicted octanol–water partition coefficient (Wildman–Crippen LogP) is 3.78. The Morgan fingerprint density at radius 1 is 1.19 bits per heavy atom. The molecule has 0 amide bonds. The van der Waals surface area contributed by atoms with Crippen LogP contribution < -0.4 is 4.90 Å². The van der Waals surface area contributed by atoms with Crippen molar-refractivity contribution in [2.24, 2.45) is 4.99 Å². The number of rotatable bonds is 1. The van der Waals surface area contributed by atoms with Gasteiger partial charge in [0.2, 0.25) is 5.78 Å². The minimum Gasteiger partial charge on any atom is -0.374 e. The van der Waals surface area contributed by atoms with Crippen molar-refractivity contribution in [3.63, 3.8) is 0 Å². The number of benzene rings is 2. The van der Waals surface area contributed by atoms with Gasteiger partial charge in [0.25, 0.3) is 0 Å². The van der Waals surface area contributed by atoms with E-state index in [0.29, 0.717) is 30.1 Å². The average molecular weight is 363 g/mol. The van der Waals surface area contributed by atoms with Crippen molar-refractivity contribution in [3.05, 3.63) is 52.5 Å². The predicted molar refractivity (Wildman–Crippen MR) is 104 cm³/mol. The van der Waals surface area contributed by atoms with E-state index in [-0.39, 0.29) is 5.78 Å². The zero-order valence-electron chi connectivity index (χ0n) is 14.5. The molecule has 26 heavy (non-hydrogen) atoms. The van der Waals surface area contributed by atoms with Crippen LogP contribution in [0.25, 0.3) is 10.2 Å². The SMILES string of the molecule is Cc1ccc2c(c1)C(=O)[C@]1(O)CCN(c3ccc4sc(C)nc4c3)C1=N2. The maximum atomic E-state index is 13.0. The number of carbonyl (C=O) groups is 1. The molecule has 2 aliphatic rings. The number of carbonyl (C=O) groups excluding carboxylic acids is 1. The zero-order chi connectivity index (χ0) is 18.1. The van der Waals surface area contributed by atoms with Gasteiger partial charge in [0.05, 0.1) is 20.9 Å². The first-order valence-corrected chi connectivity index (χ1v) is 9.39. The molecule has 1 fully saturated rings. The molecule has 130 valence electrons. The third-order valence-electron chi connectivity index (χ3n) is 5.11. The van der Waals surface area contributed by atoms with E-state index in [2.05, 4.69) is 9.98 Å². The maximum Gasteiger partial charge on any atom is 0.204 e. The number of fused-ring (bicyclic) bond motifs is 3. The van der Waals surface area contributed by atoms with E-state index < -0.39 is 5.60 Å². The molecule has 1 saturated heterocycles. The second-order valence-corrected chi connectivity index (χ2v) is 8.17. The topological polar surface area (TPSA) is 65.8 Å². The molecule has 0 saturated carbocycles. The summed E-state index contributed by atoms with van der Waals surface area (Å²) >= 11 is 1.65. The van der Waals surface area contributed by atoms with Crippen LogP contribution in [0.4, 0.5) is 11.4 Å². The Morgan fingerprint density at radius 2 is 2.04 bits per heavy atom. The fraction of sp³-hybridized carbons (Fsp3) is 0.250. The minimum atomic E-state index is -1.55. The molecule has 2 aliphatic heterocycles. The fourth-order valence-corrected chi connectivity index (χ4v) is 4.61. The second kappa shape index (κ2) is 5.22. The van der Waals surface area contributed by atoms with Crippen molar-refractivity contribution in [1.29, 1.82) is 0 Å². The molecular formula is C20H17N3O2S. The lowest BCUT2D eigenvalue weighted by atomic mass is 9.87. The van der Waals surface area contributed by atoms with E-state index in [1.54, 1.807) is 11.3 Å². The quantitative estimate of drug-likeness (QED) is 0.714. The van der Waals surface area contributed by atoms with Gasteiger partial charge in [0.1, 0.15) is 5.84 Å². The standard InChI is InChI=1S/C20H17N3O2S/c1-11-3-5-15-14(9-11)18(24)20(25)7-8-23(19(20)22-15)13-4-6-17-16(10-13)21-12(2)26-17/h3-6,9-10,25H,7-8H2,1-2H3/t20-/m1/s1. The van der Waals surface area contributed by atoms with E-state index in [1.165, 1.54) is 0 Å². The van der Waals surface area contributed by atoms with Gasteiger partial charge in [-0.2, -0.15) is 0 Å². The number of Topliss-reactive ketones (excluding diaryl/α,β-unsaturated/α-hetero) is 1. The van der Waals surface area contributed by atoms with E-state index in [9.17, 15) is 9.90 Å². The van der Waals surface area contributed by atoms with Gasteiger partial charge in [-0.3, -0.25) is 4.79 Å². The Morgan fingerprint density at radius 3 is 2.88 bits per heavy atom. The summed E-state index contributed by atoms with van der Waals surface area (Å²) in [7, 11) is 0. The average Bonchev–Trinajstić information content (AvgIpc) is 3.15. The van der Waals surface area contributed by atoms with Crippen molar-refractivity contribution in [1.82, 2.24) is 4.98 Å². The fourth-order valence-electron chi connectivity index (χ4n) is 3.80. The van der Waals surface area contributed by atoms with Crippen LogP contribution in [0.1, 0.15) is 27.3 Å². The summed E-state index contributed by atoms with van der Waals surface area (Å²) in [5.74, 6) is 0.166. The Bertz CT molecular complexity index is 1120. The van der Waals surface area contributed by atoms with Crippen molar-refractivity contribution in [2.45, 2.75) is 25.9 Å². The largest absolute Gasteiger partial charge is 0.374 e. The summed E-state index contributed by atoms with van der Waals surface area (Å²) in [6.07, 6.45) is 0.339.